The van der Waals surface area contributed by atoms with E-state index in [1.807, 2.05) is 0 Å². The predicted molar refractivity (Wildman–Crippen MR) is 137 cm³/mol. The van der Waals surface area contributed by atoms with Gasteiger partial charge in [-0.3, -0.25) is 19.6 Å². The van der Waals surface area contributed by atoms with Crippen molar-refractivity contribution in [2.24, 2.45) is 0 Å². The molecule has 0 saturated carbocycles. The predicted octanol–water partition coefficient (Wildman–Crippen LogP) is 4.38. The van der Waals surface area contributed by atoms with E-state index in [-0.39, 0.29) is 24.6 Å². The lowest BCUT2D eigenvalue weighted by Gasteiger charge is -2.20. The van der Waals surface area contributed by atoms with Crippen LogP contribution < -0.4 is 10.6 Å². The number of hydrogen-bond acceptors (Lipinski definition) is 6. The molecule has 208 valence electrons. The number of H-pyrrole nitrogens is 1. The zero-order valence-corrected chi connectivity index (χ0v) is 21.3. The summed E-state index contributed by atoms with van der Waals surface area (Å²) >= 11 is 5.64. The number of aromatic amines is 1. The number of aromatic nitrogens is 5. The minimum atomic E-state index is -4.73. The molecule has 40 heavy (non-hydrogen) atoms. The van der Waals surface area contributed by atoms with Crippen LogP contribution in [0.25, 0.3) is 22.2 Å². The molecule has 16 heteroatoms. The van der Waals surface area contributed by atoms with Crippen LogP contribution in [0.5, 0.6) is 0 Å². The zero-order chi connectivity index (χ0) is 28.8. The van der Waals surface area contributed by atoms with Gasteiger partial charge >= 0.3 is 12.3 Å². The number of carbonyl (C=O) groups is 3. The largest absolute Gasteiger partial charge is 0.465 e. The van der Waals surface area contributed by atoms with Gasteiger partial charge in [-0.2, -0.15) is 18.3 Å². The topological polar surface area (TPSA) is 158 Å². The average Bonchev–Trinajstić information content (AvgIpc) is 3.62. The fraction of sp³-hybridized carbons (Fsp3) is 0.250. The molecule has 1 saturated heterocycles. The fourth-order valence-electron chi connectivity index (χ4n) is 4.54. The van der Waals surface area contributed by atoms with Crippen LogP contribution in [0.4, 0.5) is 29.5 Å². The maximum atomic E-state index is 13.2. The van der Waals surface area contributed by atoms with Gasteiger partial charge < -0.3 is 15.7 Å². The molecular weight excluding hydrogens is 557 g/mol. The van der Waals surface area contributed by atoms with Crippen LogP contribution in [-0.2, 0) is 15.8 Å². The number of benzene rings is 2. The summed E-state index contributed by atoms with van der Waals surface area (Å²) in [5.41, 5.74) is 0.479. The normalized spacial score (nSPS) is 17.3. The molecule has 4 N–H and O–H groups in total. The first-order valence-electron chi connectivity index (χ1n) is 11.8. The number of alkyl halides is 3. The van der Waals surface area contributed by atoms with Crippen molar-refractivity contribution in [2.75, 3.05) is 17.2 Å². The SMILES string of the molecule is CC(=O)Nc1n[nH]c2cc(-c3cn([C@H]4C[C@@H](C(=O)Nc5ccc(Cl)c(C(F)(F)F)c5)N(C(=O)O)C4)nn3)ccc12. The van der Waals surface area contributed by atoms with E-state index in [1.54, 1.807) is 24.4 Å². The van der Waals surface area contributed by atoms with Crippen LogP contribution in [-0.4, -0.2) is 65.7 Å². The highest BCUT2D eigenvalue weighted by molar-refractivity contribution is 6.31. The van der Waals surface area contributed by atoms with E-state index in [0.29, 0.717) is 34.0 Å². The molecule has 12 nitrogen and oxygen atoms in total. The van der Waals surface area contributed by atoms with Crippen molar-refractivity contribution in [3.63, 3.8) is 0 Å². The van der Waals surface area contributed by atoms with Crippen molar-refractivity contribution in [3.8, 4) is 11.3 Å². The quantitative estimate of drug-likeness (QED) is 0.274. The molecule has 1 fully saturated rings. The lowest BCUT2D eigenvalue weighted by atomic mass is 10.1. The number of amides is 3. The van der Waals surface area contributed by atoms with Crippen LogP contribution in [0.3, 0.4) is 0 Å². The third-order valence-corrected chi connectivity index (χ3v) is 6.73. The lowest BCUT2D eigenvalue weighted by Crippen LogP contribution is -2.42. The standard InChI is InChI=1S/C24H20ClF3N8O4/c1-11(37)29-21-15-4-2-12(6-18(15)31-33-21)19-10-36(34-32-19)14-8-20(35(9-14)23(39)40)22(38)30-13-3-5-17(25)16(7-13)24(26,27)28/h2-7,10,14,20H,8-9H2,1H3,(H,30,38)(H,39,40)(H2,29,31,33,37)/t14-,20-/m0/s1. The number of carbonyl (C=O) groups excluding carboxylic acids is 2. The van der Waals surface area contributed by atoms with E-state index in [2.05, 4.69) is 31.1 Å². The van der Waals surface area contributed by atoms with Crippen molar-refractivity contribution in [1.82, 2.24) is 30.1 Å². The number of hydrogen-bond donors (Lipinski definition) is 4. The van der Waals surface area contributed by atoms with Crippen molar-refractivity contribution >= 4 is 51.9 Å². The maximum Gasteiger partial charge on any atom is 0.417 e. The van der Waals surface area contributed by atoms with Crippen LogP contribution >= 0.6 is 11.6 Å². The molecule has 4 aromatic rings. The Morgan fingerprint density at radius 3 is 2.62 bits per heavy atom. The lowest BCUT2D eigenvalue weighted by molar-refractivity contribution is -0.137. The summed E-state index contributed by atoms with van der Waals surface area (Å²) < 4.78 is 41.1. The van der Waals surface area contributed by atoms with Gasteiger partial charge in [-0.15, -0.1) is 5.10 Å². The summed E-state index contributed by atoms with van der Waals surface area (Å²) in [7, 11) is 0. The number of halogens is 4. The summed E-state index contributed by atoms with van der Waals surface area (Å²) in [4.78, 5) is 37.1. The summed E-state index contributed by atoms with van der Waals surface area (Å²) in [5.74, 6) is -0.672. The average molecular weight is 577 g/mol. The van der Waals surface area contributed by atoms with Gasteiger partial charge in [0.1, 0.15) is 11.7 Å². The first-order chi connectivity index (χ1) is 18.9. The molecule has 1 aliphatic rings. The first-order valence-corrected chi connectivity index (χ1v) is 12.1. The Balaban J connectivity index is 1.34. The van der Waals surface area contributed by atoms with Gasteiger partial charge in [-0.25, -0.2) is 9.48 Å². The number of fused-ring (bicyclic) bond motifs is 1. The van der Waals surface area contributed by atoms with Gasteiger partial charge in [0.15, 0.2) is 5.82 Å². The Bertz CT molecular complexity index is 1640. The summed E-state index contributed by atoms with van der Waals surface area (Å²) in [6, 6.07) is 6.42. The van der Waals surface area contributed by atoms with E-state index >= 15 is 0 Å². The van der Waals surface area contributed by atoms with Crippen LogP contribution in [0, 0.1) is 0 Å². The minimum Gasteiger partial charge on any atom is -0.465 e. The molecule has 0 radical (unpaired) electrons. The highest BCUT2D eigenvalue weighted by Gasteiger charge is 2.41. The highest BCUT2D eigenvalue weighted by Crippen LogP contribution is 2.37. The summed E-state index contributed by atoms with van der Waals surface area (Å²) in [5, 5.41) is 30.0. The van der Waals surface area contributed by atoms with Crippen LogP contribution in [0.2, 0.25) is 5.02 Å². The second-order valence-corrected chi connectivity index (χ2v) is 9.53. The Morgan fingerprint density at radius 2 is 1.93 bits per heavy atom. The highest BCUT2D eigenvalue weighted by atomic mass is 35.5. The molecule has 3 heterocycles. The molecule has 0 bridgehead atoms. The minimum absolute atomic E-state index is 0.0142. The van der Waals surface area contributed by atoms with Gasteiger partial charge in [0.05, 0.1) is 28.3 Å². The van der Waals surface area contributed by atoms with E-state index in [4.69, 9.17) is 11.6 Å². The van der Waals surface area contributed by atoms with Crippen LogP contribution in [0.1, 0.15) is 24.9 Å². The second kappa shape index (κ2) is 10.1. The van der Waals surface area contributed by atoms with Crippen molar-refractivity contribution < 1.29 is 32.7 Å². The van der Waals surface area contributed by atoms with Crippen molar-refractivity contribution in [3.05, 3.63) is 53.2 Å². The van der Waals surface area contributed by atoms with Gasteiger partial charge in [0.25, 0.3) is 0 Å². The number of carboxylic acid groups (broad SMARTS) is 1. The van der Waals surface area contributed by atoms with Gasteiger partial charge in [-0.1, -0.05) is 22.9 Å². The molecule has 0 unspecified atom stereocenters. The third-order valence-electron chi connectivity index (χ3n) is 6.40. The Morgan fingerprint density at radius 1 is 1.15 bits per heavy atom. The van der Waals surface area contributed by atoms with Crippen molar-refractivity contribution in [2.45, 2.75) is 31.6 Å². The zero-order valence-electron chi connectivity index (χ0n) is 20.5. The van der Waals surface area contributed by atoms with Crippen molar-refractivity contribution in [1.29, 1.82) is 0 Å². The monoisotopic (exact) mass is 576 g/mol. The number of rotatable bonds is 5. The number of anilines is 2. The molecule has 3 amide bonds. The Labute approximate surface area is 228 Å². The molecular formula is C24H20ClF3N8O4. The second-order valence-electron chi connectivity index (χ2n) is 9.12. The Kier molecular flexibility index (Phi) is 6.83. The number of nitrogens with one attached hydrogen (secondary N) is 3. The first kappa shape index (κ1) is 26.9. The third kappa shape index (κ3) is 5.27. The van der Waals surface area contributed by atoms with E-state index in [9.17, 15) is 32.7 Å². The van der Waals surface area contributed by atoms with Gasteiger partial charge in [0.2, 0.25) is 11.8 Å². The molecule has 5 rings (SSSR count). The smallest absolute Gasteiger partial charge is 0.417 e. The summed E-state index contributed by atoms with van der Waals surface area (Å²) in [6.07, 6.45) is -4.48. The molecule has 0 spiro atoms. The Hall–Kier alpha value is -4.66. The van der Waals surface area contributed by atoms with E-state index < -0.39 is 40.8 Å². The maximum absolute atomic E-state index is 13.2. The molecule has 2 atom stereocenters. The molecule has 0 aliphatic carbocycles. The fourth-order valence-corrected chi connectivity index (χ4v) is 4.76. The number of nitrogens with zero attached hydrogens (tertiary/aromatic N) is 5. The van der Waals surface area contributed by atoms with E-state index in [1.165, 1.54) is 17.7 Å². The molecule has 2 aromatic heterocycles. The van der Waals surface area contributed by atoms with Gasteiger partial charge in [0, 0.05) is 36.5 Å². The number of likely N-dealkylation sites (tertiary alicyclic amines) is 1. The summed E-state index contributed by atoms with van der Waals surface area (Å²) in [6.45, 7) is 1.28. The van der Waals surface area contributed by atoms with Gasteiger partial charge in [-0.05, 0) is 30.3 Å². The molecule has 1 aliphatic heterocycles. The van der Waals surface area contributed by atoms with E-state index in [0.717, 1.165) is 11.0 Å². The molecule has 2 aromatic carbocycles. The van der Waals surface area contributed by atoms with Crippen LogP contribution in [0.15, 0.2) is 42.6 Å².